The number of nitrogens with zero attached hydrogens (tertiary/aromatic N) is 3. The maximum atomic E-state index is 13.1. The molecule has 0 unspecified atom stereocenters. The van der Waals surface area contributed by atoms with Gasteiger partial charge in [-0.15, -0.1) is 0 Å². The van der Waals surface area contributed by atoms with Gasteiger partial charge in [-0.25, -0.2) is 4.39 Å². The minimum atomic E-state index is -0.498. The summed E-state index contributed by atoms with van der Waals surface area (Å²) in [5.74, 6) is 0.0163. The molecule has 0 aromatic heterocycles. The molecule has 1 N–H and O–H groups in total. The molecule has 2 aliphatic rings. The summed E-state index contributed by atoms with van der Waals surface area (Å²) in [5.41, 5.74) is 1.54. The third kappa shape index (κ3) is 2.20. The van der Waals surface area contributed by atoms with E-state index in [1.807, 2.05) is 6.07 Å². The minimum Gasteiger partial charge on any atom is -0.364 e. The van der Waals surface area contributed by atoms with Crippen LogP contribution < -0.4 is 5.32 Å². The molecule has 0 aliphatic carbocycles. The maximum absolute atomic E-state index is 13.1. The lowest BCUT2D eigenvalue weighted by atomic mass is 10.0. The largest absolute Gasteiger partial charge is 0.364 e. The van der Waals surface area contributed by atoms with Gasteiger partial charge in [0, 0.05) is 19.2 Å². The van der Waals surface area contributed by atoms with Gasteiger partial charge in [-0.05, 0) is 35.9 Å². The molecule has 0 saturated carbocycles. The van der Waals surface area contributed by atoms with E-state index in [-0.39, 0.29) is 17.1 Å². The van der Waals surface area contributed by atoms with Crippen LogP contribution in [0.15, 0.2) is 53.5 Å². The maximum Gasteiger partial charge on any atom is 0.317 e. The van der Waals surface area contributed by atoms with Gasteiger partial charge in [-0.2, -0.15) is 5.26 Å². The van der Waals surface area contributed by atoms with E-state index >= 15 is 0 Å². The van der Waals surface area contributed by atoms with Crippen molar-refractivity contribution in [1.29, 1.82) is 5.26 Å². The highest BCUT2D eigenvalue weighted by atomic mass is 19.1. The second kappa shape index (κ2) is 5.33. The van der Waals surface area contributed by atoms with Gasteiger partial charge in [-0.1, -0.05) is 0 Å². The van der Waals surface area contributed by atoms with Crippen LogP contribution in [0.4, 0.5) is 4.39 Å². The summed E-state index contributed by atoms with van der Waals surface area (Å²) in [6, 6.07) is 7.72. The summed E-state index contributed by atoms with van der Waals surface area (Å²) in [4.78, 5) is 12.6. The number of halogens is 1. The first-order valence-corrected chi connectivity index (χ1v) is 6.59. The molecule has 7 heteroatoms. The van der Waals surface area contributed by atoms with Crippen LogP contribution in [-0.2, 0) is 0 Å². The van der Waals surface area contributed by atoms with E-state index in [9.17, 15) is 14.5 Å². The molecule has 2 heterocycles. The average molecular weight is 298 g/mol. The van der Waals surface area contributed by atoms with E-state index in [2.05, 4.69) is 5.32 Å². The second-order valence-corrected chi connectivity index (χ2v) is 4.80. The van der Waals surface area contributed by atoms with Gasteiger partial charge in [0.15, 0.2) is 5.82 Å². The smallest absolute Gasteiger partial charge is 0.317 e. The minimum absolute atomic E-state index is 0.120. The highest BCUT2D eigenvalue weighted by Gasteiger charge is 2.36. The van der Waals surface area contributed by atoms with Gasteiger partial charge in [0.25, 0.3) is 0 Å². The Morgan fingerprint density at radius 2 is 2.14 bits per heavy atom. The van der Waals surface area contributed by atoms with Crippen LogP contribution in [0.3, 0.4) is 0 Å². The molecule has 1 fully saturated rings. The molecule has 3 rings (SSSR count). The fourth-order valence-electron chi connectivity index (χ4n) is 2.61. The Labute approximate surface area is 125 Å². The summed E-state index contributed by atoms with van der Waals surface area (Å²) in [6.45, 7) is 1.13. The first-order valence-electron chi connectivity index (χ1n) is 6.59. The monoisotopic (exact) mass is 298 g/mol. The molecule has 1 aromatic carbocycles. The number of benzene rings is 1. The number of nitrogens with one attached hydrogen (secondary N) is 1. The van der Waals surface area contributed by atoms with E-state index in [1.54, 1.807) is 23.1 Å². The normalized spacial score (nSPS) is 18.6. The zero-order valence-corrected chi connectivity index (χ0v) is 11.4. The molecule has 0 spiro atoms. The molecule has 1 saturated heterocycles. The van der Waals surface area contributed by atoms with Crippen molar-refractivity contribution in [2.45, 2.75) is 0 Å². The molecule has 22 heavy (non-hydrogen) atoms. The number of nitro groups is 1. The molecule has 110 valence electrons. The highest BCUT2D eigenvalue weighted by molar-refractivity contribution is 5.73. The predicted octanol–water partition coefficient (Wildman–Crippen LogP) is 1.98. The molecule has 6 nitrogen and oxygen atoms in total. The SMILES string of the molecule is N#C/C=C1\C=C(c2ccc(F)cc2)N2CCNC2=C1[N+](=O)[O-]. The van der Waals surface area contributed by atoms with Crippen LogP contribution in [0.1, 0.15) is 5.56 Å². The third-order valence-corrected chi connectivity index (χ3v) is 3.52. The van der Waals surface area contributed by atoms with Crippen molar-refractivity contribution in [1.82, 2.24) is 10.2 Å². The zero-order chi connectivity index (χ0) is 15.7. The van der Waals surface area contributed by atoms with Crippen LogP contribution in [-0.4, -0.2) is 22.9 Å². The number of nitriles is 1. The molecule has 0 atom stereocenters. The predicted molar refractivity (Wildman–Crippen MR) is 76.8 cm³/mol. The molecular weight excluding hydrogens is 287 g/mol. The van der Waals surface area contributed by atoms with Gasteiger partial charge in [0.2, 0.25) is 0 Å². The summed E-state index contributed by atoms with van der Waals surface area (Å²) in [6.07, 6.45) is 2.73. The van der Waals surface area contributed by atoms with Crippen molar-refractivity contribution in [3.05, 3.63) is 75.0 Å². The summed E-state index contributed by atoms with van der Waals surface area (Å²) in [7, 11) is 0. The summed E-state index contributed by atoms with van der Waals surface area (Å²) in [5, 5.41) is 23.2. The Bertz CT molecular complexity index is 772. The van der Waals surface area contributed by atoms with Crippen molar-refractivity contribution in [2.24, 2.45) is 0 Å². The molecule has 0 radical (unpaired) electrons. The van der Waals surface area contributed by atoms with Crippen molar-refractivity contribution in [3.8, 4) is 6.07 Å². The third-order valence-electron chi connectivity index (χ3n) is 3.52. The molecule has 0 amide bonds. The second-order valence-electron chi connectivity index (χ2n) is 4.80. The first-order chi connectivity index (χ1) is 10.6. The molecular formula is C15H11FN4O2. The Morgan fingerprint density at radius 3 is 2.77 bits per heavy atom. The van der Waals surface area contributed by atoms with Crippen molar-refractivity contribution in [2.75, 3.05) is 13.1 Å². The van der Waals surface area contributed by atoms with Crippen molar-refractivity contribution < 1.29 is 9.31 Å². The Morgan fingerprint density at radius 1 is 1.41 bits per heavy atom. The summed E-state index contributed by atoms with van der Waals surface area (Å²) < 4.78 is 13.1. The lowest BCUT2D eigenvalue weighted by Gasteiger charge is -2.26. The lowest BCUT2D eigenvalue weighted by molar-refractivity contribution is -0.422. The van der Waals surface area contributed by atoms with Gasteiger partial charge in [0.1, 0.15) is 5.82 Å². The van der Waals surface area contributed by atoms with Crippen LogP contribution in [0.25, 0.3) is 5.70 Å². The molecule has 2 aliphatic heterocycles. The number of rotatable bonds is 2. The van der Waals surface area contributed by atoms with E-state index in [0.717, 1.165) is 11.6 Å². The fourth-order valence-corrected chi connectivity index (χ4v) is 2.61. The number of hydrogen-bond donors (Lipinski definition) is 1. The van der Waals surface area contributed by atoms with Crippen LogP contribution in [0.5, 0.6) is 0 Å². The lowest BCUT2D eigenvalue weighted by Crippen LogP contribution is -2.27. The fraction of sp³-hybridized carbons (Fsp3) is 0.133. The zero-order valence-electron chi connectivity index (χ0n) is 11.4. The Hall–Kier alpha value is -3.14. The highest BCUT2D eigenvalue weighted by Crippen LogP contribution is 2.35. The van der Waals surface area contributed by atoms with Crippen LogP contribution in [0.2, 0.25) is 0 Å². The number of hydrogen-bond acceptors (Lipinski definition) is 5. The van der Waals surface area contributed by atoms with Gasteiger partial charge in [0.05, 0.1) is 22.3 Å². The number of allylic oxidation sites excluding steroid dienone is 2. The average Bonchev–Trinajstić information content (AvgIpc) is 2.96. The quantitative estimate of drug-likeness (QED) is 0.513. The number of fused-ring (bicyclic) bond motifs is 1. The molecule has 0 bridgehead atoms. The van der Waals surface area contributed by atoms with Gasteiger partial charge >= 0.3 is 5.70 Å². The summed E-state index contributed by atoms with van der Waals surface area (Å²) >= 11 is 0. The van der Waals surface area contributed by atoms with E-state index in [4.69, 9.17) is 5.26 Å². The van der Waals surface area contributed by atoms with Gasteiger partial charge < -0.3 is 10.2 Å². The van der Waals surface area contributed by atoms with Crippen molar-refractivity contribution in [3.63, 3.8) is 0 Å². The van der Waals surface area contributed by atoms with Gasteiger partial charge in [-0.3, -0.25) is 10.1 Å². The van der Waals surface area contributed by atoms with E-state index in [1.165, 1.54) is 12.1 Å². The molecule has 1 aromatic rings. The standard InChI is InChI=1S/C15H11FN4O2/c16-12-3-1-10(2-4-12)13-9-11(5-6-17)14(20(21)22)15-18-7-8-19(13)15/h1-5,9,18H,7-8H2/b11-5+. The first kappa shape index (κ1) is 13.8. The van der Waals surface area contributed by atoms with Crippen molar-refractivity contribution >= 4 is 5.70 Å². The van der Waals surface area contributed by atoms with Crippen LogP contribution in [0, 0.1) is 27.3 Å². The topological polar surface area (TPSA) is 82.2 Å². The van der Waals surface area contributed by atoms with Crippen LogP contribution >= 0.6 is 0 Å². The Kier molecular flexibility index (Phi) is 3.35. The van der Waals surface area contributed by atoms with E-state index in [0.29, 0.717) is 24.6 Å². The van der Waals surface area contributed by atoms with E-state index < -0.39 is 4.92 Å². The Balaban J connectivity index is 2.15.